The summed E-state index contributed by atoms with van der Waals surface area (Å²) in [5.41, 5.74) is 2.92. The number of fused-ring (bicyclic) bond motifs is 1. The zero-order chi connectivity index (χ0) is 25.8. The molecule has 1 heterocycles. The van der Waals surface area contributed by atoms with Gasteiger partial charge in [-0.15, -0.1) is 0 Å². The summed E-state index contributed by atoms with van der Waals surface area (Å²) in [6, 6.07) is 12.6. The van der Waals surface area contributed by atoms with Gasteiger partial charge in [0, 0.05) is 36.2 Å². The summed E-state index contributed by atoms with van der Waals surface area (Å²) in [7, 11) is 0. The van der Waals surface area contributed by atoms with Gasteiger partial charge in [0.2, 0.25) is 5.91 Å². The Morgan fingerprint density at radius 3 is 2.11 bits per heavy atom. The second kappa shape index (κ2) is 10.8. The van der Waals surface area contributed by atoms with Crippen molar-refractivity contribution in [3.63, 3.8) is 0 Å². The lowest BCUT2D eigenvalue weighted by molar-refractivity contribution is -0.127. The molecule has 2 N–H and O–H groups in total. The van der Waals surface area contributed by atoms with Gasteiger partial charge in [0.1, 0.15) is 11.6 Å². The second-order valence-electron chi connectivity index (χ2n) is 9.78. The van der Waals surface area contributed by atoms with Crippen molar-refractivity contribution in [1.29, 1.82) is 0 Å². The van der Waals surface area contributed by atoms with Crippen LogP contribution in [0.3, 0.4) is 0 Å². The Hall–Kier alpha value is -3.61. The highest BCUT2D eigenvalue weighted by atomic mass is 16.4. The average Bonchev–Trinajstić information content (AvgIpc) is 2.96. The highest BCUT2D eigenvalue weighted by molar-refractivity contribution is 6.08. The Labute approximate surface area is 207 Å². The molecule has 3 rings (SSSR count). The number of hydrogen-bond acceptors (Lipinski definition) is 4. The number of rotatable bonds is 6. The Morgan fingerprint density at radius 2 is 1.57 bits per heavy atom. The zero-order valence-corrected chi connectivity index (χ0v) is 21.2. The predicted octanol–water partition coefficient (Wildman–Crippen LogP) is 6.30. The van der Waals surface area contributed by atoms with Crippen molar-refractivity contribution >= 4 is 29.6 Å². The van der Waals surface area contributed by atoms with E-state index in [1.165, 1.54) is 4.90 Å². The van der Waals surface area contributed by atoms with Crippen LogP contribution in [-0.4, -0.2) is 56.5 Å². The van der Waals surface area contributed by atoms with E-state index in [0.29, 0.717) is 30.2 Å². The van der Waals surface area contributed by atoms with Crippen LogP contribution in [0.2, 0.25) is 0 Å². The Kier molecular flexibility index (Phi) is 7.99. The van der Waals surface area contributed by atoms with E-state index in [2.05, 4.69) is 0 Å². The topological polar surface area (TPSA) is 93.4 Å². The third kappa shape index (κ3) is 6.10. The maximum absolute atomic E-state index is 13.6. The number of carbonyl (C=O) groups excluding carboxylic acids is 1. The van der Waals surface area contributed by atoms with E-state index in [4.69, 9.17) is 4.99 Å². The Balaban J connectivity index is 2.17. The van der Waals surface area contributed by atoms with Gasteiger partial charge in [-0.05, 0) is 69.0 Å². The molecule has 0 saturated carbocycles. The third-order valence-electron chi connectivity index (χ3n) is 5.83. The molecule has 186 valence electrons. The van der Waals surface area contributed by atoms with Crippen LogP contribution in [0.4, 0.5) is 10.5 Å². The van der Waals surface area contributed by atoms with Crippen LogP contribution in [0.15, 0.2) is 53.0 Å². The summed E-state index contributed by atoms with van der Waals surface area (Å²) in [6.45, 7) is 10.8. The lowest BCUT2D eigenvalue weighted by Gasteiger charge is -2.34. The fourth-order valence-electron chi connectivity index (χ4n) is 4.29. The minimum Gasteiger partial charge on any atom is -0.508 e. The maximum atomic E-state index is 13.6. The van der Waals surface area contributed by atoms with Crippen molar-refractivity contribution in [2.75, 3.05) is 13.1 Å². The average molecular weight is 478 g/mol. The Bertz CT molecular complexity index is 1140. The highest BCUT2D eigenvalue weighted by Gasteiger charge is 2.33. The largest absolute Gasteiger partial charge is 0.508 e. The molecule has 0 saturated heterocycles. The van der Waals surface area contributed by atoms with Gasteiger partial charge in [0.15, 0.2) is 0 Å². The quantitative estimate of drug-likeness (QED) is 0.510. The number of phenolic OH excluding ortho intramolecular Hbond substituents is 1. The smallest absolute Gasteiger partial charge is 0.413 e. The minimum absolute atomic E-state index is 0.0869. The van der Waals surface area contributed by atoms with Crippen LogP contribution in [0.5, 0.6) is 5.75 Å². The summed E-state index contributed by atoms with van der Waals surface area (Å²) < 4.78 is 0. The molecular formula is C28H35N3O4. The monoisotopic (exact) mass is 477 g/mol. The van der Waals surface area contributed by atoms with Gasteiger partial charge in [-0.2, -0.15) is 0 Å². The molecule has 1 aliphatic rings. The van der Waals surface area contributed by atoms with Crippen LogP contribution in [0, 0.1) is 0 Å². The summed E-state index contributed by atoms with van der Waals surface area (Å²) >= 11 is 0. The maximum Gasteiger partial charge on any atom is 0.413 e. The fourth-order valence-corrected chi connectivity index (χ4v) is 4.29. The molecule has 2 amide bonds. The molecule has 2 aromatic rings. The number of amides is 2. The lowest BCUT2D eigenvalue weighted by Crippen LogP contribution is -2.49. The van der Waals surface area contributed by atoms with Crippen LogP contribution in [-0.2, 0) is 4.79 Å². The first-order chi connectivity index (χ1) is 16.5. The van der Waals surface area contributed by atoms with Crippen molar-refractivity contribution in [2.24, 2.45) is 4.99 Å². The Morgan fingerprint density at radius 1 is 0.971 bits per heavy atom. The van der Waals surface area contributed by atoms with E-state index in [-0.39, 0.29) is 18.1 Å². The number of hydrogen-bond donors (Lipinski definition) is 2. The molecule has 0 aromatic heterocycles. The van der Waals surface area contributed by atoms with Crippen LogP contribution < -0.4 is 0 Å². The fraction of sp³-hybridized carbons (Fsp3) is 0.393. The number of carbonyl (C=O) groups is 2. The van der Waals surface area contributed by atoms with Crippen molar-refractivity contribution < 1.29 is 19.8 Å². The molecule has 7 nitrogen and oxygen atoms in total. The molecule has 0 radical (unpaired) electrons. The molecule has 0 bridgehead atoms. The molecule has 0 atom stereocenters. The molecule has 0 unspecified atom stereocenters. The minimum atomic E-state index is -1.11. The van der Waals surface area contributed by atoms with Gasteiger partial charge >= 0.3 is 6.09 Å². The first-order valence-electron chi connectivity index (χ1n) is 12.1. The summed E-state index contributed by atoms with van der Waals surface area (Å²) in [5, 5.41) is 19.7. The third-order valence-corrected chi connectivity index (χ3v) is 5.83. The number of benzene rings is 2. The van der Waals surface area contributed by atoms with E-state index < -0.39 is 11.6 Å². The lowest BCUT2D eigenvalue weighted by atomic mass is 10.0. The molecule has 35 heavy (non-hydrogen) atoms. The SMILES string of the molecule is CCCN(CCC)C(=O)C1=Cc2ccc(-c3ccc(O)cc3)cc2N=C(N(C(=O)O)C(C)(C)C)C1. The van der Waals surface area contributed by atoms with Crippen LogP contribution >= 0.6 is 0 Å². The molecule has 0 spiro atoms. The number of carboxylic acid groups (broad SMARTS) is 1. The summed E-state index contributed by atoms with van der Waals surface area (Å²) in [6.07, 6.45) is 2.54. The summed E-state index contributed by atoms with van der Waals surface area (Å²) in [4.78, 5) is 33.8. The first-order valence-corrected chi connectivity index (χ1v) is 12.1. The number of aromatic hydroxyl groups is 1. The zero-order valence-electron chi connectivity index (χ0n) is 21.2. The van der Waals surface area contributed by atoms with Crippen molar-refractivity contribution in [3.8, 4) is 16.9 Å². The van der Waals surface area contributed by atoms with Gasteiger partial charge in [-0.1, -0.05) is 38.1 Å². The van der Waals surface area contributed by atoms with Gasteiger partial charge in [-0.3, -0.25) is 9.69 Å². The number of phenols is 1. The molecular weight excluding hydrogens is 442 g/mol. The number of nitrogens with zero attached hydrogens (tertiary/aromatic N) is 3. The van der Waals surface area contributed by atoms with Crippen LogP contribution in [0.1, 0.15) is 59.4 Å². The standard InChI is InChI=1S/C28H35N3O4/c1-6-14-30(15-7-2)26(33)22-16-21-9-8-20(19-10-12-23(32)13-11-19)17-24(21)29-25(18-22)31(27(34)35)28(3,4)5/h8-13,16-17,32H,6-7,14-15,18H2,1-5H3,(H,34,35). The number of aliphatic imine (C=N–C) groups is 1. The predicted molar refractivity (Wildman–Crippen MR) is 140 cm³/mol. The first kappa shape index (κ1) is 26.0. The van der Waals surface area contributed by atoms with E-state index in [9.17, 15) is 19.8 Å². The van der Waals surface area contributed by atoms with Crippen molar-refractivity contribution in [1.82, 2.24) is 9.80 Å². The van der Waals surface area contributed by atoms with E-state index in [0.717, 1.165) is 29.5 Å². The van der Waals surface area contributed by atoms with Gasteiger partial charge < -0.3 is 15.1 Å². The molecule has 0 fully saturated rings. The van der Waals surface area contributed by atoms with E-state index in [1.807, 2.05) is 75.9 Å². The van der Waals surface area contributed by atoms with Crippen molar-refractivity contribution in [2.45, 2.75) is 59.4 Å². The normalized spacial score (nSPS) is 13.3. The molecule has 1 aliphatic heterocycles. The molecule has 2 aromatic carbocycles. The van der Waals surface area contributed by atoms with Crippen molar-refractivity contribution in [3.05, 3.63) is 53.6 Å². The molecule has 0 aliphatic carbocycles. The van der Waals surface area contributed by atoms with Gasteiger partial charge in [0.05, 0.1) is 5.69 Å². The highest BCUT2D eigenvalue weighted by Crippen LogP contribution is 2.34. The van der Waals surface area contributed by atoms with E-state index >= 15 is 0 Å². The number of amidine groups is 1. The van der Waals surface area contributed by atoms with Gasteiger partial charge in [0.25, 0.3) is 0 Å². The molecule has 7 heteroatoms. The summed E-state index contributed by atoms with van der Waals surface area (Å²) in [5.74, 6) is 0.413. The second-order valence-corrected chi connectivity index (χ2v) is 9.78. The van der Waals surface area contributed by atoms with E-state index in [1.54, 1.807) is 12.1 Å². The van der Waals surface area contributed by atoms with Crippen LogP contribution in [0.25, 0.3) is 17.2 Å². The van der Waals surface area contributed by atoms with Gasteiger partial charge in [-0.25, -0.2) is 9.79 Å².